The normalized spacial score (nSPS) is 28.1. The lowest BCUT2D eigenvalue weighted by molar-refractivity contribution is -0.129. The summed E-state index contributed by atoms with van der Waals surface area (Å²) < 4.78 is 34.4. The monoisotopic (exact) mass is 359 g/mol. The molecule has 0 aromatic heterocycles. The first-order valence-electron chi connectivity index (χ1n) is 9.06. The van der Waals surface area contributed by atoms with Crippen LogP contribution in [0.3, 0.4) is 0 Å². The quantitative estimate of drug-likeness (QED) is 0.758. The number of carbonyl (C=O) groups is 1. The van der Waals surface area contributed by atoms with Crippen molar-refractivity contribution in [3.8, 4) is 0 Å². The van der Waals surface area contributed by atoms with Crippen LogP contribution in [-0.2, 0) is 19.7 Å². The molecule has 2 heterocycles. The van der Waals surface area contributed by atoms with E-state index in [0.717, 1.165) is 25.7 Å². The third kappa shape index (κ3) is 4.09. The second-order valence-corrected chi connectivity index (χ2v) is 9.00. The number of nitrogens with one attached hydrogen (secondary N) is 1. The maximum Gasteiger partial charge on any atom is 0.279 e. The lowest BCUT2D eigenvalue weighted by atomic mass is 10.1. The smallest absolute Gasteiger partial charge is 0.279 e. The Morgan fingerprint density at radius 3 is 2.46 bits per heavy atom. The van der Waals surface area contributed by atoms with Crippen molar-refractivity contribution in [1.29, 1.82) is 0 Å². The van der Waals surface area contributed by atoms with E-state index >= 15 is 0 Å². The van der Waals surface area contributed by atoms with Gasteiger partial charge in [0.2, 0.25) is 5.91 Å². The Labute approximate surface area is 144 Å². The van der Waals surface area contributed by atoms with Crippen LogP contribution >= 0.6 is 0 Å². The molecular weight excluding hydrogens is 330 g/mol. The van der Waals surface area contributed by atoms with Gasteiger partial charge >= 0.3 is 0 Å². The molecule has 3 fully saturated rings. The molecule has 138 valence electrons. The molecule has 0 spiro atoms. The first-order chi connectivity index (χ1) is 11.5. The third-order valence-electron chi connectivity index (χ3n) is 5.63. The van der Waals surface area contributed by atoms with Crippen LogP contribution in [-0.4, -0.2) is 69.0 Å². The fraction of sp³-hybridized carbons (Fsp3) is 0.938. The van der Waals surface area contributed by atoms with Gasteiger partial charge in [-0.3, -0.25) is 4.79 Å². The zero-order valence-electron chi connectivity index (χ0n) is 14.4. The van der Waals surface area contributed by atoms with Crippen molar-refractivity contribution < 1.29 is 17.9 Å². The summed E-state index contributed by atoms with van der Waals surface area (Å²) in [7, 11) is -1.79. The summed E-state index contributed by atoms with van der Waals surface area (Å²) >= 11 is 0. The lowest BCUT2D eigenvalue weighted by Crippen LogP contribution is -2.47. The van der Waals surface area contributed by atoms with Crippen molar-refractivity contribution in [3.05, 3.63) is 0 Å². The van der Waals surface area contributed by atoms with E-state index in [0.29, 0.717) is 38.6 Å². The molecule has 1 atom stereocenters. The molecule has 0 aromatic rings. The first kappa shape index (κ1) is 18.1. The Bertz CT molecular complexity index is 540. The number of piperidine rings is 1. The number of carbonyl (C=O) groups excluding carboxylic acids is 1. The van der Waals surface area contributed by atoms with Crippen LogP contribution < -0.4 is 4.72 Å². The van der Waals surface area contributed by atoms with E-state index in [9.17, 15) is 13.2 Å². The summed E-state index contributed by atoms with van der Waals surface area (Å²) in [4.78, 5) is 14.2. The number of rotatable bonds is 6. The van der Waals surface area contributed by atoms with Gasteiger partial charge < -0.3 is 9.64 Å². The van der Waals surface area contributed by atoms with Crippen LogP contribution in [0.2, 0.25) is 0 Å². The van der Waals surface area contributed by atoms with Gasteiger partial charge in [-0.15, -0.1) is 0 Å². The largest absolute Gasteiger partial charge is 0.381 e. The molecule has 3 rings (SSSR count). The van der Waals surface area contributed by atoms with Gasteiger partial charge in [0.25, 0.3) is 10.2 Å². The van der Waals surface area contributed by atoms with Crippen LogP contribution in [0.15, 0.2) is 0 Å². The molecule has 8 heteroatoms. The summed E-state index contributed by atoms with van der Waals surface area (Å²) in [5.74, 6) is 0.274. The Morgan fingerprint density at radius 2 is 1.83 bits per heavy atom. The molecule has 2 saturated heterocycles. The van der Waals surface area contributed by atoms with Crippen molar-refractivity contribution in [1.82, 2.24) is 13.9 Å². The van der Waals surface area contributed by atoms with E-state index in [2.05, 4.69) is 4.72 Å². The molecule has 1 saturated carbocycles. The number of methoxy groups -OCH3 is 1. The van der Waals surface area contributed by atoms with Gasteiger partial charge in [0.05, 0.1) is 6.10 Å². The van der Waals surface area contributed by atoms with E-state index in [-0.39, 0.29) is 17.9 Å². The van der Waals surface area contributed by atoms with Crippen LogP contribution in [0.25, 0.3) is 0 Å². The van der Waals surface area contributed by atoms with Crippen molar-refractivity contribution in [2.75, 3.05) is 33.3 Å². The zero-order chi connectivity index (χ0) is 17.2. The Kier molecular flexibility index (Phi) is 5.79. The SMILES string of the molecule is COC1CCN(S(=O)(=O)NC[C@H]2CC(=O)N(C3CCCC3)C2)CC1. The molecular formula is C16H29N3O4S. The standard InChI is InChI=1S/C16H29N3O4S/c1-23-15-6-8-18(9-7-15)24(21,22)17-11-13-10-16(20)19(12-13)14-4-2-3-5-14/h13-15,17H,2-12H2,1H3/t13-/m1/s1. The molecule has 0 unspecified atom stereocenters. The molecule has 3 aliphatic rings. The highest BCUT2D eigenvalue weighted by molar-refractivity contribution is 7.87. The minimum atomic E-state index is -3.46. The third-order valence-corrected chi connectivity index (χ3v) is 7.21. The van der Waals surface area contributed by atoms with Crippen LogP contribution in [0.5, 0.6) is 0 Å². The molecule has 24 heavy (non-hydrogen) atoms. The van der Waals surface area contributed by atoms with Crippen molar-refractivity contribution in [2.45, 2.75) is 57.1 Å². The fourth-order valence-corrected chi connectivity index (χ4v) is 5.46. The molecule has 1 N–H and O–H groups in total. The maximum absolute atomic E-state index is 12.4. The summed E-state index contributed by atoms with van der Waals surface area (Å²) in [6, 6.07) is 0.382. The van der Waals surface area contributed by atoms with Gasteiger partial charge in [-0.25, -0.2) is 4.72 Å². The lowest BCUT2D eigenvalue weighted by Gasteiger charge is -2.30. The summed E-state index contributed by atoms with van der Waals surface area (Å²) in [6.07, 6.45) is 6.67. The Hall–Kier alpha value is -0.700. The van der Waals surface area contributed by atoms with Crippen LogP contribution in [0, 0.1) is 5.92 Å². The Balaban J connectivity index is 1.47. The second-order valence-electron chi connectivity index (χ2n) is 7.24. The summed E-state index contributed by atoms with van der Waals surface area (Å²) in [6.45, 7) is 2.02. The van der Waals surface area contributed by atoms with E-state index in [1.54, 1.807) is 7.11 Å². The molecule has 2 aliphatic heterocycles. The number of likely N-dealkylation sites (tertiary alicyclic amines) is 1. The number of amides is 1. The molecule has 1 amide bonds. The van der Waals surface area contributed by atoms with Gasteiger partial charge in [-0.1, -0.05) is 12.8 Å². The molecule has 1 aliphatic carbocycles. The van der Waals surface area contributed by atoms with E-state index < -0.39 is 10.2 Å². The predicted octanol–water partition coefficient (Wildman–Crippen LogP) is 0.723. The van der Waals surface area contributed by atoms with Crippen molar-refractivity contribution in [2.24, 2.45) is 5.92 Å². The molecule has 0 bridgehead atoms. The van der Waals surface area contributed by atoms with Gasteiger partial charge in [-0.05, 0) is 31.6 Å². The Morgan fingerprint density at radius 1 is 1.17 bits per heavy atom. The highest BCUT2D eigenvalue weighted by Gasteiger charge is 2.36. The summed E-state index contributed by atoms with van der Waals surface area (Å²) in [5.41, 5.74) is 0. The molecule has 0 aromatic carbocycles. The number of nitrogens with zero attached hydrogens (tertiary/aromatic N) is 2. The van der Waals surface area contributed by atoms with Gasteiger partial charge in [0.1, 0.15) is 0 Å². The maximum atomic E-state index is 12.4. The fourth-order valence-electron chi connectivity index (χ4n) is 4.14. The number of hydrogen-bond donors (Lipinski definition) is 1. The van der Waals surface area contributed by atoms with Gasteiger partial charge in [-0.2, -0.15) is 12.7 Å². The van der Waals surface area contributed by atoms with Crippen LogP contribution in [0.1, 0.15) is 44.9 Å². The van der Waals surface area contributed by atoms with Crippen LogP contribution in [0.4, 0.5) is 0 Å². The average molecular weight is 359 g/mol. The molecule has 0 radical (unpaired) electrons. The highest BCUT2D eigenvalue weighted by Crippen LogP contribution is 2.29. The van der Waals surface area contributed by atoms with E-state index in [4.69, 9.17) is 4.74 Å². The second kappa shape index (κ2) is 7.68. The average Bonchev–Trinajstić information content (AvgIpc) is 3.22. The van der Waals surface area contributed by atoms with Gasteiger partial charge in [0.15, 0.2) is 0 Å². The minimum Gasteiger partial charge on any atom is -0.381 e. The predicted molar refractivity (Wildman–Crippen MR) is 90.6 cm³/mol. The number of hydrogen-bond acceptors (Lipinski definition) is 4. The molecule has 7 nitrogen and oxygen atoms in total. The topological polar surface area (TPSA) is 79.0 Å². The number of ether oxygens (including phenoxy) is 1. The zero-order valence-corrected chi connectivity index (χ0v) is 15.3. The minimum absolute atomic E-state index is 0.0874. The van der Waals surface area contributed by atoms with Crippen molar-refractivity contribution in [3.63, 3.8) is 0 Å². The van der Waals surface area contributed by atoms with Gasteiger partial charge in [0, 0.05) is 45.8 Å². The van der Waals surface area contributed by atoms with E-state index in [1.807, 2.05) is 4.90 Å². The highest BCUT2D eigenvalue weighted by atomic mass is 32.2. The first-order valence-corrected chi connectivity index (χ1v) is 10.5. The summed E-state index contributed by atoms with van der Waals surface area (Å²) in [5, 5.41) is 0. The van der Waals surface area contributed by atoms with Crippen molar-refractivity contribution >= 4 is 16.1 Å². The van der Waals surface area contributed by atoms with E-state index in [1.165, 1.54) is 17.1 Å².